The number of aromatic nitrogens is 5. The maximum atomic E-state index is 14.3. The van der Waals surface area contributed by atoms with Gasteiger partial charge in [-0.05, 0) is 26.3 Å². The minimum Gasteiger partial charge on any atom is -0.385 e. The van der Waals surface area contributed by atoms with Crippen molar-refractivity contribution in [2.45, 2.75) is 50.9 Å². The van der Waals surface area contributed by atoms with Crippen LogP contribution >= 0.6 is 0 Å². The molecule has 1 fully saturated rings. The van der Waals surface area contributed by atoms with Gasteiger partial charge in [-0.25, -0.2) is 19.3 Å². The zero-order valence-electron chi connectivity index (χ0n) is 18.8. The Morgan fingerprint density at radius 2 is 1.97 bits per heavy atom. The number of nitrogens with zero attached hydrogens (tertiary/aromatic N) is 6. The van der Waals surface area contributed by atoms with Crippen LogP contribution in [0.25, 0.3) is 11.0 Å². The van der Waals surface area contributed by atoms with Crippen LogP contribution in [0.3, 0.4) is 0 Å². The van der Waals surface area contributed by atoms with E-state index in [2.05, 4.69) is 25.3 Å². The first-order valence-electron chi connectivity index (χ1n) is 10.7. The van der Waals surface area contributed by atoms with Gasteiger partial charge in [0.25, 0.3) is 0 Å². The first kappa shape index (κ1) is 24.1. The highest BCUT2D eigenvalue weighted by Crippen LogP contribution is 2.36. The molecule has 1 aliphatic heterocycles. The molecule has 2 N–H and O–H groups in total. The van der Waals surface area contributed by atoms with Crippen molar-refractivity contribution in [3.8, 4) is 0 Å². The number of aliphatic hydroxyl groups is 1. The molecule has 0 amide bonds. The van der Waals surface area contributed by atoms with Gasteiger partial charge in [0.2, 0.25) is 5.95 Å². The summed E-state index contributed by atoms with van der Waals surface area (Å²) in [6.45, 7) is 2.96. The average Bonchev–Trinajstić information content (AvgIpc) is 3.17. The topological polar surface area (TPSA) is 101 Å². The first-order valence-corrected chi connectivity index (χ1v) is 10.7. The number of aliphatic hydroxyl groups excluding tert-OH is 1. The van der Waals surface area contributed by atoms with Gasteiger partial charge >= 0.3 is 6.18 Å². The van der Waals surface area contributed by atoms with E-state index in [1.54, 1.807) is 11.0 Å². The summed E-state index contributed by atoms with van der Waals surface area (Å²) >= 11 is 0. The van der Waals surface area contributed by atoms with E-state index >= 15 is 0 Å². The maximum Gasteiger partial charge on any atom is 0.408 e. The van der Waals surface area contributed by atoms with Crippen LogP contribution < -0.4 is 10.2 Å². The molecule has 4 atom stereocenters. The highest BCUT2D eigenvalue weighted by Gasteiger charge is 2.40. The Kier molecular flexibility index (Phi) is 6.58. The zero-order valence-corrected chi connectivity index (χ0v) is 18.8. The lowest BCUT2D eigenvalue weighted by Gasteiger charge is -2.33. The van der Waals surface area contributed by atoms with Crippen LogP contribution in [0.4, 0.5) is 35.1 Å². The van der Waals surface area contributed by atoms with Crippen LogP contribution in [0, 0.1) is 0 Å². The van der Waals surface area contributed by atoms with Crippen LogP contribution in [-0.2, 0) is 4.74 Å². The number of ether oxygens (including phenoxy) is 1. The first-order chi connectivity index (χ1) is 16.1. The third kappa shape index (κ3) is 4.75. The Balaban J connectivity index is 1.62. The van der Waals surface area contributed by atoms with E-state index in [-0.39, 0.29) is 29.2 Å². The van der Waals surface area contributed by atoms with Gasteiger partial charge in [0.05, 0.1) is 24.4 Å². The van der Waals surface area contributed by atoms with E-state index in [1.807, 2.05) is 0 Å². The van der Waals surface area contributed by atoms with Gasteiger partial charge in [0.1, 0.15) is 41.3 Å². The van der Waals surface area contributed by atoms with Crippen molar-refractivity contribution in [2.24, 2.45) is 0 Å². The number of fused-ring (bicyclic) bond motifs is 1. The summed E-state index contributed by atoms with van der Waals surface area (Å²) in [5.74, 6) is 0.775. The molecule has 9 nitrogen and oxygen atoms in total. The molecule has 0 saturated carbocycles. The third-order valence-electron chi connectivity index (χ3n) is 5.80. The fourth-order valence-electron chi connectivity index (χ4n) is 3.97. The van der Waals surface area contributed by atoms with Gasteiger partial charge in [-0.15, -0.1) is 0 Å². The highest BCUT2D eigenvalue weighted by atomic mass is 19.4. The standard InChI is InChI=1S/C21H25F4N7O2/c1-11(33)19-28-14-9-27-18(8-15(14)32(19)12(2)21(23,24)25)29-17-4-6-26-20(30-17)31-7-5-16(34-3)13(22)10-31/h4,6,8-9,11-13,16,33H,5,7,10H2,1-3H3,(H,26,27,29,30)/t11-,12+,13+,16-/m1/s1. The lowest BCUT2D eigenvalue weighted by Crippen LogP contribution is -2.46. The largest absolute Gasteiger partial charge is 0.408 e. The summed E-state index contributed by atoms with van der Waals surface area (Å²) in [6, 6.07) is 1.08. The normalized spacial score (nSPS) is 21.0. The molecule has 0 spiro atoms. The highest BCUT2D eigenvalue weighted by molar-refractivity contribution is 5.79. The molecule has 1 saturated heterocycles. The third-order valence-corrected chi connectivity index (χ3v) is 5.80. The zero-order chi connectivity index (χ0) is 24.6. The number of anilines is 3. The predicted octanol–water partition coefficient (Wildman–Crippen LogP) is 3.70. The molecule has 3 aromatic heterocycles. The number of hydrogen-bond donors (Lipinski definition) is 2. The molecule has 3 aromatic rings. The number of piperidine rings is 1. The molecular formula is C21H25F4N7O2. The number of methoxy groups -OCH3 is 1. The summed E-state index contributed by atoms with van der Waals surface area (Å²) in [5, 5.41) is 12.9. The smallest absolute Gasteiger partial charge is 0.385 e. The molecule has 34 heavy (non-hydrogen) atoms. The Bertz CT molecular complexity index is 1150. The Morgan fingerprint density at radius 1 is 1.21 bits per heavy atom. The number of pyridine rings is 1. The summed E-state index contributed by atoms with van der Waals surface area (Å²) in [4.78, 5) is 18.7. The maximum absolute atomic E-state index is 14.3. The van der Waals surface area contributed by atoms with Gasteiger partial charge < -0.3 is 24.6 Å². The van der Waals surface area contributed by atoms with Crippen molar-refractivity contribution in [1.29, 1.82) is 0 Å². The lowest BCUT2D eigenvalue weighted by atomic mass is 10.1. The number of alkyl halides is 4. The van der Waals surface area contributed by atoms with Crippen molar-refractivity contribution in [3.63, 3.8) is 0 Å². The molecule has 0 unspecified atom stereocenters. The van der Waals surface area contributed by atoms with Crippen molar-refractivity contribution < 1.29 is 27.4 Å². The van der Waals surface area contributed by atoms with E-state index in [9.17, 15) is 22.7 Å². The lowest BCUT2D eigenvalue weighted by molar-refractivity contribution is -0.163. The molecule has 184 valence electrons. The average molecular weight is 483 g/mol. The molecular weight excluding hydrogens is 458 g/mol. The predicted molar refractivity (Wildman–Crippen MR) is 117 cm³/mol. The van der Waals surface area contributed by atoms with Gasteiger partial charge in [-0.2, -0.15) is 18.2 Å². The van der Waals surface area contributed by atoms with Crippen LogP contribution in [0.2, 0.25) is 0 Å². The Labute approximate surface area is 192 Å². The van der Waals surface area contributed by atoms with Crippen LogP contribution in [0.5, 0.6) is 0 Å². The molecule has 0 aliphatic carbocycles. The van der Waals surface area contributed by atoms with Crippen molar-refractivity contribution >= 4 is 28.6 Å². The van der Waals surface area contributed by atoms with E-state index in [0.29, 0.717) is 24.7 Å². The van der Waals surface area contributed by atoms with Gasteiger partial charge in [-0.1, -0.05) is 0 Å². The van der Waals surface area contributed by atoms with Gasteiger partial charge in [0.15, 0.2) is 0 Å². The Morgan fingerprint density at radius 3 is 2.62 bits per heavy atom. The van der Waals surface area contributed by atoms with Crippen molar-refractivity contribution in [3.05, 3.63) is 30.4 Å². The fourth-order valence-corrected chi connectivity index (χ4v) is 3.97. The number of nitrogens with one attached hydrogen (secondary N) is 1. The SMILES string of the molecule is CO[C@@H]1CCN(c2nccc(Nc3cc4c(cn3)nc([C@@H](C)O)n4[C@@H](C)C(F)(F)F)n2)C[C@@H]1F. The fraction of sp³-hybridized carbons (Fsp3) is 0.524. The van der Waals surface area contributed by atoms with Crippen molar-refractivity contribution in [2.75, 3.05) is 30.4 Å². The van der Waals surface area contributed by atoms with Crippen LogP contribution in [0.1, 0.15) is 38.2 Å². The molecule has 13 heteroatoms. The molecule has 0 bridgehead atoms. The molecule has 4 heterocycles. The molecule has 0 radical (unpaired) electrons. The number of imidazole rings is 1. The van der Waals surface area contributed by atoms with Crippen LogP contribution in [-0.4, -0.2) is 68.3 Å². The molecule has 0 aromatic carbocycles. The number of hydrogen-bond acceptors (Lipinski definition) is 8. The van der Waals surface area contributed by atoms with E-state index in [1.165, 1.54) is 32.5 Å². The Hall–Kier alpha value is -3.06. The van der Waals surface area contributed by atoms with Crippen molar-refractivity contribution in [1.82, 2.24) is 24.5 Å². The van der Waals surface area contributed by atoms with E-state index in [0.717, 1.165) is 11.5 Å². The minimum absolute atomic E-state index is 0.0861. The molecule has 1 aliphatic rings. The second-order valence-electron chi connectivity index (χ2n) is 8.18. The van der Waals surface area contributed by atoms with Gasteiger partial charge in [-0.3, -0.25) is 0 Å². The number of halogens is 4. The summed E-state index contributed by atoms with van der Waals surface area (Å²) in [7, 11) is 1.48. The van der Waals surface area contributed by atoms with Crippen LogP contribution in [0.15, 0.2) is 24.5 Å². The summed E-state index contributed by atoms with van der Waals surface area (Å²) < 4.78 is 60.9. The quantitative estimate of drug-likeness (QED) is 0.512. The number of rotatable bonds is 6. The second kappa shape index (κ2) is 9.29. The minimum atomic E-state index is -4.54. The van der Waals surface area contributed by atoms with E-state index < -0.39 is 30.6 Å². The summed E-state index contributed by atoms with van der Waals surface area (Å²) in [6.07, 6.45) is -4.08. The molecule has 4 rings (SSSR count). The summed E-state index contributed by atoms with van der Waals surface area (Å²) in [5.41, 5.74) is 0.380. The van der Waals surface area contributed by atoms with Gasteiger partial charge in [0, 0.05) is 25.9 Å². The second-order valence-corrected chi connectivity index (χ2v) is 8.18. The van der Waals surface area contributed by atoms with E-state index in [4.69, 9.17) is 4.74 Å². The monoisotopic (exact) mass is 483 g/mol.